The first-order valence-corrected chi connectivity index (χ1v) is 8.82. The van der Waals surface area contributed by atoms with Gasteiger partial charge in [-0.2, -0.15) is 0 Å². The Balaban J connectivity index is 2.19. The summed E-state index contributed by atoms with van der Waals surface area (Å²) in [6.07, 6.45) is -0.438. The number of phenolic OH excluding ortho intramolecular Hbond substituents is 1. The third-order valence-corrected chi connectivity index (χ3v) is 4.46. The molecular formula is C19H19N3O8. The zero-order valence-corrected chi connectivity index (χ0v) is 15.8. The largest absolute Gasteiger partial charge is 0.497 e. The number of benzene rings is 2. The maximum Gasteiger partial charge on any atom is 0.326 e. The lowest BCUT2D eigenvalue weighted by Crippen LogP contribution is -2.42. The van der Waals surface area contributed by atoms with Crippen LogP contribution in [0, 0.1) is 20.2 Å². The molecule has 0 heterocycles. The second kappa shape index (κ2) is 9.45. The molecule has 1 amide bonds. The molecule has 2 aromatic carbocycles. The van der Waals surface area contributed by atoms with Crippen LogP contribution in [0.15, 0.2) is 42.5 Å². The van der Waals surface area contributed by atoms with Crippen molar-refractivity contribution < 1.29 is 29.6 Å². The summed E-state index contributed by atoms with van der Waals surface area (Å²) in [5.41, 5.74) is -1.04. The molecule has 0 spiro atoms. The lowest BCUT2D eigenvalue weighted by Gasteiger charge is -2.17. The maximum atomic E-state index is 12.3. The Labute approximate surface area is 170 Å². The Hall–Kier alpha value is -4.02. The van der Waals surface area contributed by atoms with Crippen molar-refractivity contribution in [2.75, 3.05) is 0 Å². The fraction of sp³-hybridized carbons (Fsp3) is 0.263. The molecule has 2 aromatic rings. The lowest BCUT2D eigenvalue weighted by molar-refractivity contribution is -0.396. The van der Waals surface area contributed by atoms with Crippen molar-refractivity contribution in [3.63, 3.8) is 0 Å². The number of phenols is 1. The molecule has 11 nitrogen and oxygen atoms in total. The first-order valence-electron chi connectivity index (χ1n) is 8.82. The molecular weight excluding hydrogens is 398 g/mol. The minimum Gasteiger partial charge on any atom is -0.497 e. The molecule has 0 saturated carbocycles. The van der Waals surface area contributed by atoms with E-state index in [1.165, 1.54) is 0 Å². The minimum absolute atomic E-state index is 0.00364. The monoisotopic (exact) mass is 417 g/mol. The van der Waals surface area contributed by atoms with Gasteiger partial charge in [-0.1, -0.05) is 37.3 Å². The number of carbonyl (C=O) groups excluding carboxylic acids is 1. The molecule has 0 radical (unpaired) electrons. The third-order valence-electron chi connectivity index (χ3n) is 4.46. The number of nitrogens with zero attached hydrogens (tertiary/aromatic N) is 2. The van der Waals surface area contributed by atoms with E-state index in [0.717, 1.165) is 17.7 Å². The number of nitro groups is 2. The van der Waals surface area contributed by atoms with Crippen LogP contribution >= 0.6 is 0 Å². The SMILES string of the molecule is CC(CC(=O)N[C@@H](Cc1cc([N+](=O)[O-])c(O)c([N+](=O)[O-])c1)C(=O)O)c1ccccc1. The van der Waals surface area contributed by atoms with E-state index < -0.39 is 51.3 Å². The quantitative estimate of drug-likeness (QED) is 0.412. The average molecular weight is 417 g/mol. The van der Waals surface area contributed by atoms with Crippen molar-refractivity contribution in [3.8, 4) is 5.75 Å². The van der Waals surface area contributed by atoms with E-state index >= 15 is 0 Å². The van der Waals surface area contributed by atoms with Gasteiger partial charge in [0.25, 0.3) is 5.75 Å². The van der Waals surface area contributed by atoms with E-state index in [2.05, 4.69) is 5.32 Å². The van der Waals surface area contributed by atoms with E-state index in [4.69, 9.17) is 0 Å². The highest BCUT2D eigenvalue weighted by Crippen LogP contribution is 2.37. The summed E-state index contributed by atoms with van der Waals surface area (Å²) in [6.45, 7) is 1.80. The van der Waals surface area contributed by atoms with Crippen molar-refractivity contribution in [2.24, 2.45) is 0 Å². The number of nitrogens with one attached hydrogen (secondary N) is 1. The molecule has 3 N–H and O–H groups in total. The molecule has 0 aliphatic heterocycles. The molecule has 1 unspecified atom stereocenters. The molecule has 0 bridgehead atoms. The smallest absolute Gasteiger partial charge is 0.326 e. The summed E-state index contributed by atoms with van der Waals surface area (Å²) in [4.78, 5) is 43.9. The molecule has 2 atom stereocenters. The second-order valence-electron chi connectivity index (χ2n) is 6.68. The van der Waals surface area contributed by atoms with Crippen molar-refractivity contribution in [1.29, 1.82) is 0 Å². The highest BCUT2D eigenvalue weighted by Gasteiger charge is 2.29. The average Bonchev–Trinajstić information content (AvgIpc) is 2.68. The summed E-state index contributed by atoms with van der Waals surface area (Å²) in [6, 6.07) is 9.34. The molecule has 0 aliphatic rings. The number of rotatable bonds is 9. The van der Waals surface area contributed by atoms with E-state index in [1.807, 2.05) is 30.3 Å². The van der Waals surface area contributed by atoms with Gasteiger partial charge < -0.3 is 15.5 Å². The van der Waals surface area contributed by atoms with Crippen molar-refractivity contribution >= 4 is 23.3 Å². The Kier molecular flexibility index (Phi) is 7.02. The van der Waals surface area contributed by atoms with E-state index in [0.29, 0.717) is 0 Å². The standard InChI is InChI=1S/C19H19N3O8/c1-11(13-5-3-2-4-6-13)7-17(23)20-14(19(25)26)8-12-9-15(21(27)28)18(24)16(10-12)22(29)30/h2-6,9-11,14,24H,7-8H2,1H3,(H,20,23)(H,25,26)/t11?,14-/m0/s1. The van der Waals surface area contributed by atoms with Gasteiger partial charge in [-0.3, -0.25) is 25.0 Å². The highest BCUT2D eigenvalue weighted by atomic mass is 16.6. The molecule has 0 fully saturated rings. The zero-order chi connectivity index (χ0) is 22.4. The number of aromatic hydroxyl groups is 1. The minimum atomic E-state index is -1.47. The summed E-state index contributed by atoms with van der Waals surface area (Å²) in [7, 11) is 0. The number of hydrogen-bond acceptors (Lipinski definition) is 7. The summed E-state index contributed by atoms with van der Waals surface area (Å²) < 4.78 is 0. The van der Waals surface area contributed by atoms with Crippen molar-refractivity contribution in [2.45, 2.75) is 31.7 Å². The van der Waals surface area contributed by atoms with Gasteiger partial charge in [-0.15, -0.1) is 0 Å². The Morgan fingerprint density at radius 2 is 1.60 bits per heavy atom. The van der Waals surface area contributed by atoms with Gasteiger partial charge in [-0.25, -0.2) is 4.79 Å². The first kappa shape index (κ1) is 22.3. The van der Waals surface area contributed by atoms with Crippen molar-refractivity contribution in [3.05, 3.63) is 73.8 Å². The number of amides is 1. The predicted molar refractivity (Wildman–Crippen MR) is 104 cm³/mol. The highest BCUT2D eigenvalue weighted by molar-refractivity contribution is 5.84. The van der Waals surface area contributed by atoms with E-state index in [9.17, 15) is 40.0 Å². The van der Waals surface area contributed by atoms with Gasteiger partial charge in [0.05, 0.1) is 9.85 Å². The number of aliphatic carboxylic acids is 1. The fourth-order valence-electron chi connectivity index (χ4n) is 2.92. The van der Waals surface area contributed by atoms with Crippen LogP contribution < -0.4 is 5.32 Å². The Morgan fingerprint density at radius 1 is 1.07 bits per heavy atom. The Bertz CT molecular complexity index is 942. The molecule has 2 rings (SSSR count). The van der Waals surface area contributed by atoms with Gasteiger partial charge in [0.2, 0.25) is 5.91 Å². The number of carbonyl (C=O) groups is 2. The summed E-state index contributed by atoms with van der Waals surface area (Å²) in [5.74, 6) is -3.27. The number of carboxylic acids is 1. The molecule has 0 aliphatic carbocycles. The van der Waals surface area contributed by atoms with Crippen LogP contribution in [0.2, 0.25) is 0 Å². The van der Waals surface area contributed by atoms with E-state index in [1.54, 1.807) is 6.92 Å². The first-order chi connectivity index (χ1) is 14.1. The van der Waals surface area contributed by atoms with Crippen LogP contribution in [0.4, 0.5) is 11.4 Å². The molecule has 0 saturated heterocycles. The Morgan fingerprint density at radius 3 is 2.07 bits per heavy atom. The number of hydrogen-bond donors (Lipinski definition) is 3. The van der Waals surface area contributed by atoms with Crippen LogP contribution in [0.1, 0.15) is 30.4 Å². The number of carboxylic acid groups (broad SMARTS) is 1. The molecule has 0 aromatic heterocycles. The van der Waals surface area contributed by atoms with E-state index in [-0.39, 0.29) is 17.9 Å². The summed E-state index contributed by atoms with van der Waals surface area (Å²) >= 11 is 0. The zero-order valence-electron chi connectivity index (χ0n) is 15.8. The molecule has 30 heavy (non-hydrogen) atoms. The van der Waals surface area contributed by atoms with Gasteiger partial charge in [0.15, 0.2) is 0 Å². The summed E-state index contributed by atoms with van der Waals surface area (Å²) in [5, 5.41) is 43.5. The van der Waals surface area contributed by atoms with Crippen LogP contribution in [-0.2, 0) is 16.0 Å². The topological polar surface area (TPSA) is 173 Å². The molecule has 158 valence electrons. The van der Waals surface area contributed by atoms with Crippen LogP contribution in [0.5, 0.6) is 5.75 Å². The second-order valence-corrected chi connectivity index (χ2v) is 6.68. The van der Waals surface area contributed by atoms with Gasteiger partial charge in [0.1, 0.15) is 6.04 Å². The number of nitro benzene ring substituents is 2. The molecule has 11 heteroatoms. The van der Waals surface area contributed by atoms with Gasteiger partial charge in [-0.05, 0) is 17.0 Å². The maximum absolute atomic E-state index is 12.3. The fourth-order valence-corrected chi connectivity index (χ4v) is 2.92. The van der Waals surface area contributed by atoms with Gasteiger partial charge >= 0.3 is 17.3 Å². The predicted octanol–water partition coefficient (Wildman–Crippen LogP) is 2.51. The van der Waals surface area contributed by atoms with Gasteiger partial charge in [0, 0.05) is 25.0 Å². The van der Waals surface area contributed by atoms with Crippen LogP contribution in [0.3, 0.4) is 0 Å². The third kappa shape index (κ3) is 5.50. The lowest BCUT2D eigenvalue weighted by atomic mass is 9.97. The van der Waals surface area contributed by atoms with Crippen LogP contribution in [-0.4, -0.2) is 38.0 Å². The normalized spacial score (nSPS) is 12.6. The van der Waals surface area contributed by atoms with Crippen molar-refractivity contribution in [1.82, 2.24) is 5.32 Å². The van der Waals surface area contributed by atoms with Crippen LogP contribution in [0.25, 0.3) is 0 Å².